The number of nitro groups is 1. The SMILES string of the molecule is COc1ccc([C@@H](C[N+](=O)[O-])Sc2nnc(C)n2-c2ccc(Cl)cc2)cc1OC. The highest BCUT2D eigenvalue weighted by molar-refractivity contribution is 7.99. The van der Waals surface area contributed by atoms with E-state index < -0.39 is 5.25 Å². The quantitative estimate of drug-likeness (QED) is 0.295. The van der Waals surface area contributed by atoms with Crippen molar-refractivity contribution >= 4 is 23.4 Å². The maximum Gasteiger partial charge on any atom is 0.220 e. The van der Waals surface area contributed by atoms with Crippen LogP contribution in [0.3, 0.4) is 0 Å². The molecule has 0 amide bonds. The molecule has 8 nitrogen and oxygen atoms in total. The molecule has 1 aromatic heterocycles. The van der Waals surface area contributed by atoms with Crippen LogP contribution in [0.4, 0.5) is 0 Å². The maximum atomic E-state index is 11.3. The van der Waals surface area contributed by atoms with E-state index >= 15 is 0 Å². The number of thioether (sulfide) groups is 1. The van der Waals surface area contributed by atoms with Gasteiger partial charge in [-0.15, -0.1) is 10.2 Å². The van der Waals surface area contributed by atoms with Crippen molar-refractivity contribution in [3.63, 3.8) is 0 Å². The fourth-order valence-corrected chi connectivity index (χ4v) is 4.12. The predicted octanol–water partition coefficient (Wildman–Crippen LogP) is 4.36. The topological polar surface area (TPSA) is 92.3 Å². The van der Waals surface area contributed by atoms with Crippen LogP contribution in [0.5, 0.6) is 11.5 Å². The van der Waals surface area contributed by atoms with Crippen LogP contribution >= 0.6 is 23.4 Å². The van der Waals surface area contributed by atoms with Crippen LogP contribution in [0, 0.1) is 17.0 Å². The molecule has 0 fully saturated rings. The van der Waals surface area contributed by atoms with Gasteiger partial charge in [-0.3, -0.25) is 14.7 Å². The van der Waals surface area contributed by atoms with Gasteiger partial charge in [0, 0.05) is 15.6 Å². The van der Waals surface area contributed by atoms with E-state index in [9.17, 15) is 10.1 Å². The average Bonchev–Trinajstić information content (AvgIpc) is 3.07. The van der Waals surface area contributed by atoms with Crippen molar-refractivity contribution in [3.8, 4) is 17.2 Å². The zero-order valence-electron chi connectivity index (χ0n) is 16.0. The second-order valence-corrected chi connectivity index (χ2v) is 7.68. The Morgan fingerprint density at radius 2 is 1.83 bits per heavy atom. The highest BCUT2D eigenvalue weighted by Gasteiger charge is 2.25. The number of hydrogen-bond acceptors (Lipinski definition) is 7. The van der Waals surface area contributed by atoms with Crippen molar-refractivity contribution < 1.29 is 14.4 Å². The summed E-state index contributed by atoms with van der Waals surface area (Å²) < 4.78 is 12.4. The molecule has 0 N–H and O–H groups in total. The zero-order valence-corrected chi connectivity index (χ0v) is 17.6. The Hall–Kier alpha value is -2.78. The van der Waals surface area contributed by atoms with Gasteiger partial charge in [-0.05, 0) is 48.9 Å². The summed E-state index contributed by atoms with van der Waals surface area (Å²) >= 11 is 7.25. The van der Waals surface area contributed by atoms with Gasteiger partial charge >= 0.3 is 0 Å². The molecule has 0 spiro atoms. The van der Waals surface area contributed by atoms with E-state index in [-0.39, 0.29) is 11.5 Å². The van der Waals surface area contributed by atoms with Crippen LogP contribution in [-0.4, -0.2) is 40.5 Å². The lowest BCUT2D eigenvalue weighted by Crippen LogP contribution is -2.11. The molecule has 3 rings (SSSR count). The van der Waals surface area contributed by atoms with Crippen molar-refractivity contribution in [2.45, 2.75) is 17.3 Å². The lowest BCUT2D eigenvalue weighted by molar-refractivity contribution is -0.479. The third-order valence-corrected chi connectivity index (χ3v) is 5.65. The molecule has 0 aliphatic rings. The summed E-state index contributed by atoms with van der Waals surface area (Å²) in [6, 6.07) is 12.5. The fourth-order valence-electron chi connectivity index (χ4n) is 2.83. The van der Waals surface area contributed by atoms with Crippen molar-refractivity contribution in [1.29, 1.82) is 0 Å². The first kappa shape index (κ1) is 20.9. The van der Waals surface area contributed by atoms with E-state index in [1.807, 2.05) is 23.6 Å². The Labute approximate surface area is 177 Å². The average molecular weight is 435 g/mol. The summed E-state index contributed by atoms with van der Waals surface area (Å²) in [6.07, 6.45) is 0. The minimum Gasteiger partial charge on any atom is -0.493 e. The standard InChI is InChI=1S/C19H19ClN4O4S/c1-12-21-22-19(24(12)15-7-5-14(20)6-8-15)29-18(11-23(25)26)13-4-9-16(27-2)17(10-13)28-3/h4-10,18H,11H2,1-3H3/t18-/m1/s1. The Morgan fingerprint density at radius 1 is 1.14 bits per heavy atom. The van der Waals surface area contributed by atoms with E-state index in [0.717, 1.165) is 11.3 Å². The van der Waals surface area contributed by atoms with Gasteiger partial charge in [-0.25, -0.2) is 0 Å². The largest absolute Gasteiger partial charge is 0.493 e. The molecule has 2 aromatic carbocycles. The Morgan fingerprint density at radius 3 is 2.45 bits per heavy atom. The second kappa shape index (κ2) is 9.15. The number of benzene rings is 2. The van der Waals surface area contributed by atoms with Gasteiger partial charge in [0.1, 0.15) is 11.1 Å². The first-order valence-electron chi connectivity index (χ1n) is 8.61. The van der Waals surface area contributed by atoms with E-state index in [4.69, 9.17) is 21.1 Å². The van der Waals surface area contributed by atoms with E-state index in [2.05, 4.69) is 10.2 Å². The highest BCUT2D eigenvalue weighted by atomic mass is 35.5. The van der Waals surface area contributed by atoms with E-state index in [1.165, 1.54) is 26.0 Å². The number of nitrogens with zero attached hydrogens (tertiary/aromatic N) is 4. The molecule has 0 radical (unpaired) electrons. The Balaban J connectivity index is 1.98. The zero-order chi connectivity index (χ0) is 21.0. The molecule has 0 bridgehead atoms. The summed E-state index contributed by atoms with van der Waals surface area (Å²) in [5.41, 5.74) is 1.55. The molecule has 1 atom stereocenters. The smallest absolute Gasteiger partial charge is 0.220 e. The Bertz CT molecular complexity index is 1010. The van der Waals surface area contributed by atoms with Gasteiger partial charge in [0.25, 0.3) is 0 Å². The van der Waals surface area contributed by atoms with Gasteiger partial charge in [0.05, 0.1) is 14.2 Å². The van der Waals surface area contributed by atoms with Crippen molar-refractivity contribution in [2.75, 3.05) is 20.8 Å². The highest BCUT2D eigenvalue weighted by Crippen LogP contribution is 2.39. The van der Waals surface area contributed by atoms with Crippen LogP contribution in [-0.2, 0) is 0 Å². The Kier molecular flexibility index (Phi) is 6.60. The summed E-state index contributed by atoms with van der Waals surface area (Å²) in [5, 5.41) is 20.4. The van der Waals surface area contributed by atoms with Gasteiger partial charge in [-0.2, -0.15) is 0 Å². The summed E-state index contributed by atoms with van der Waals surface area (Å²) in [7, 11) is 3.07. The first-order chi connectivity index (χ1) is 13.9. The van der Waals surface area contributed by atoms with Gasteiger partial charge in [0.15, 0.2) is 16.7 Å². The lowest BCUT2D eigenvalue weighted by atomic mass is 10.1. The molecule has 1 heterocycles. The maximum absolute atomic E-state index is 11.3. The summed E-state index contributed by atoms with van der Waals surface area (Å²) in [5.74, 6) is 1.73. The van der Waals surface area contributed by atoms with Crippen LogP contribution in [0.1, 0.15) is 16.6 Å². The van der Waals surface area contributed by atoms with Gasteiger partial charge in [-0.1, -0.05) is 29.4 Å². The van der Waals surface area contributed by atoms with Crippen molar-refractivity contribution in [2.24, 2.45) is 0 Å². The molecule has 152 valence electrons. The third kappa shape index (κ3) is 4.80. The van der Waals surface area contributed by atoms with Crippen molar-refractivity contribution in [3.05, 3.63) is 69.0 Å². The normalized spacial score (nSPS) is 11.9. The monoisotopic (exact) mass is 434 g/mol. The molecule has 0 saturated heterocycles. The summed E-state index contributed by atoms with van der Waals surface area (Å²) in [6.45, 7) is 1.54. The molecule has 10 heteroatoms. The van der Waals surface area contributed by atoms with Crippen LogP contribution in [0.15, 0.2) is 47.6 Å². The molecular formula is C19H19ClN4O4S. The minimum absolute atomic E-state index is 0.285. The van der Waals surface area contributed by atoms with Crippen LogP contribution in [0.25, 0.3) is 5.69 Å². The number of methoxy groups -OCH3 is 2. The van der Waals surface area contributed by atoms with Gasteiger partial charge < -0.3 is 9.47 Å². The number of rotatable bonds is 8. The molecule has 3 aromatic rings. The number of aromatic nitrogens is 3. The second-order valence-electron chi connectivity index (χ2n) is 6.08. The number of halogens is 1. The van der Waals surface area contributed by atoms with Crippen LogP contribution < -0.4 is 9.47 Å². The number of hydrogen-bond donors (Lipinski definition) is 0. The van der Waals surface area contributed by atoms with Crippen LogP contribution in [0.2, 0.25) is 5.02 Å². The first-order valence-corrected chi connectivity index (χ1v) is 9.87. The molecule has 29 heavy (non-hydrogen) atoms. The number of aryl methyl sites for hydroxylation is 1. The molecule has 0 unspecified atom stereocenters. The molecular weight excluding hydrogens is 416 g/mol. The third-order valence-electron chi connectivity index (χ3n) is 4.22. The molecule has 0 aliphatic heterocycles. The van der Waals surface area contributed by atoms with E-state index in [0.29, 0.717) is 27.5 Å². The predicted molar refractivity (Wildman–Crippen MR) is 111 cm³/mol. The minimum atomic E-state index is -0.501. The van der Waals surface area contributed by atoms with E-state index in [1.54, 1.807) is 30.3 Å². The fraction of sp³-hybridized carbons (Fsp3) is 0.263. The van der Waals surface area contributed by atoms with Gasteiger partial charge in [0.2, 0.25) is 6.54 Å². The molecule has 0 aliphatic carbocycles. The summed E-state index contributed by atoms with van der Waals surface area (Å²) in [4.78, 5) is 11.0. The number of ether oxygens (including phenoxy) is 2. The van der Waals surface area contributed by atoms with Crippen molar-refractivity contribution in [1.82, 2.24) is 14.8 Å². The molecule has 0 saturated carbocycles. The lowest BCUT2D eigenvalue weighted by Gasteiger charge is -2.16.